The number of hydrogen-bond acceptors (Lipinski definition) is 1. The summed E-state index contributed by atoms with van der Waals surface area (Å²) in [6.45, 7) is 4.35. The van der Waals surface area contributed by atoms with E-state index in [1.54, 1.807) is 0 Å². The van der Waals surface area contributed by atoms with Gasteiger partial charge in [0.2, 0.25) is 0 Å². The Morgan fingerprint density at radius 3 is 1.92 bits per heavy atom. The molecule has 0 heterocycles. The Morgan fingerprint density at radius 2 is 1.42 bits per heavy atom. The molecule has 0 aromatic rings. The molecule has 1 nitrogen and oxygen atoms in total. The average Bonchev–Trinajstić information content (AvgIpc) is 2.02. The second-order valence-corrected chi connectivity index (χ2v) is 3.89. The molecule has 1 heteroatoms. The molecular weight excluding hydrogens is 146 g/mol. The van der Waals surface area contributed by atoms with Crippen LogP contribution in [0.3, 0.4) is 0 Å². The van der Waals surface area contributed by atoms with Gasteiger partial charge in [-0.25, -0.2) is 0 Å². The summed E-state index contributed by atoms with van der Waals surface area (Å²) in [5, 5.41) is 0. The van der Waals surface area contributed by atoms with Gasteiger partial charge in [-0.2, -0.15) is 0 Å². The molecule has 12 heavy (non-hydrogen) atoms. The number of nitrogens with two attached hydrogens (primary N) is 1. The first-order valence-corrected chi connectivity index (χ1v) is 5.53. The molecule has 0 aliphatic carbocycles. The monoisotopic (exact) mass is 171 g/mol. The number of unbranched alkanes of at least 4 members (excludes halogenated alkanes) is 6. The van der Waals surface area contributed by atoms with Crippen LogP contribution in [0.5, 0.6) is 0 Å². The summed E-state index contributed by atoms with van der Waals surface area (Å²) >= 11 is 0. The van der Waals surface area contributed by atoms with Gasteiger partial charge in [-0.15, -0.1) is 0 Å². The molecule has 0 bridgehead atoms. The molecule has 0 radical (unpaired) electrons. The van der Waals surface area contributed by atoms with Crippen LogP contribution in [0.25, 0.3) is 0 Å². The Morgan fingerprint density at radius 1 is 0.917 bits per heavy atom. The van der Waals surface area contributed by atoms with Gasteiger partial charge in [0.1, 0.15) is 0 Å². The molecule has 0 fully saturated rings. The summed E-state index contributed by atoms with van der Waals surface area (Å²) in [6.07, 6.45) is 10.9. The summed E-state index contributed by atoms with van der Waals surface area (Å²) in [6, 6.07) is 0.403. The van der Waals surface area contributed by atoms with Crippen molar-refractivity contribution in [3.05, 3.63) is 0 Å². The predicted octanol–water partition coefficient (Wildman–Crippen LogP) is 3.47. The molecule has 2 N–H and O–H groups in total. The molecule has 0 spiro atoms. The summed E-state index contributed by atoms with van der Waals surface area (Å²) in [5.41, 5.74) is 5.65. The lowest BCUT2D eigenvalue weighted by atomic mass is 10.1. The highest BCUT2D eigenvalue weighted by Crippen LogP contribution is 2.08. The summed E-state index contributed by atoms with van der Waals surface area (Å²) in [5.74, 6) is 0. The van der Waals surface area contributed by atoms with Gasteiger partial charge in [0.25, 0.3) is 0 Å². The van der Waals surface area contributed by atoms with E-state index in [-0.39, 0.29) is 0 Å². The summed E-state index contributed by atoms with van der Waals surface area (Å²) in [7, 11) is 0. The van der Waals surface area contributed by atoms with Crippen LogP contribution in [0.2, 0.25) is 0 Å². The molecule has 0 aromatic heterocycles. The molecule has 0 aliphatic rings. The predicted molar refractivity (Wildman–Crippen MR) is 56.3 cm³/mol. The first-order chi connectivity index (χ1) is 5.77. The van der Waals surface area contributed by atoms with Gasteiger partial charge in [0.15, 0.2) is 0 Å². The highest BCUT2D eigenvalue weighted by atomic mass is 14.6. The number of rotatable bonds is 8. The molecule has 0 rings (SSSR count). The third-order valence-corrected chi connectivity index (χ3v) is 2.26. The Labute approximate surface area is 77.7 Å². The van der Waals surface area contributed by atoms with E-state index in [1.807, 2.05) is 0 Å². The van der Waals surface area contributed by atoms with E-state index < -0.39 is 0 Å². The molecule has 0 amide bonds. The number of hydrogen-bond donors (Lipinski definition) is 1. The largest absolute Gasteiger partial charge is 0.328 e. The summed E-state index contributed by atoms with van der Waals surface area (Å²) in [4.78, 5) is 0. The van der Waals surface area contributed by atoms with Crippen molar-refractivity contribution in [3.8, 4) is 0 Å². The van der Waals surface area contributed by atoms with Crippen molar-refractivity contribution in [1.29, 1.82) is 0 Å². The fraction of sp³-hybridized carbons (Fsp3) is 1.00. The van der Waals surface area contributed by atoms with Crippen molar-refractivity contribution in [2.45, 2.75) is 71.3 Å². The van der Waals surface area contributed by atoms with Crippen molar-refractivity contribution in [2.24, 2.45) is 5.73 Å². The highest BCUT2D eigenvalue weighted by Gasteiger charge is 1.94. The van der Waals surface area contributed by atoms with Crippen LogP contribution < -0.4 is 5.73 Å². The summed E-state index contributed by atoms with van der Waals surface area (Å²) < 4.78 is 0. The zero-order valence-corrected chi connectivity index (χ0v) is 8.81. The zero-order valence-electron chi connectivity index (χ0n) is 8.81. The zero-order chi connectivity index (χ0) is 9.23. The molecule has 0 aliphatic heterocycles. The lowest BCUT2D eigenvalue weighted by molar-refractivity contribution is 0.547. The van der Waals surface area contributed by atoms with E-state index >= 15 is 0 Å². The van der Waals surface area contributed by atoms with E-state index in [2.05, 4.69) is 13.8 Å². The van der Waals surface area contributed by atoms with Gasteiger partial charge in [0, 0.05) is 6.04 Å². The first kappa shape index (κ1) is 12.0. The van der Waals surface area contributed by atoms with Gasteiger partial charge in [-0.05, 0) is 13.3 Å². The molecular formula is C11H25N. The third-order valence-electron chi connectivity index (χ3n) is 2.26. The van der Waals surface area contributed by atoms with Crippen molar-refractivity contribution in [2.75, 3.05) is 0 Å². The lowest BCUT2D eigenvalue weighted by Crippen LogP contribution is -2.13. The maximum Gasteiger partial charge on any atom is 0.00104 e. The quantitative estimate of drug-likeness (QED) is 0.556. The maximum atomic E-state index is 5.65. The van der Waals surface area contributed by atoms with Crippen molar-refractivity contribution in [3.63, 3.8) is 0 Å². The molecule has 1 atom stereocenters. The topological polar surface area (TPSA) is 26.0 Å². The molecule has 74 valence electrons. The minimum Gasteiger partial charge on any atom is -0.328 e. The SMILES string of the molecule is CCCCCCCCC[C@H](C)N. The van der Waals surface area contributed by atoms with Crippen LogP contribution in [0, 0.1) is 0 Å². The van der Waals surface area contributed by atoms with Crippen molar-refractivity contribution >= 4 is 0 Å². The Balaban J connectivity index is 2.82. The minimum atomic E-state index is 0.403. The average molecular weight is 171 g/mol. The first-order valence-electron chi connectivity index (χ1n) is 5.53. The van der Waals surface area contributed by atoms with Crippen molar-refractivity contribution in [1.82, 2.24) is 0 Å². The van der Waals surface area contributed by atoms with Gasteiger partial charge in [-0.3, -0.25) is 0 Å². The smallest absolute Gasteiger partial charge is 0.00104 e. The standard InChI is InChI=1S/C11H25N/c1-3-4-5-6-7-8-9-10-11(2)12/h11H,3-10,12H2,1-2H3/t11-/m0/s1. The normalized spacial score (nSPS) is 13.2. The minimum absolute atomic E-state index is 0.403. The highest BCUT2D eigenvalue weighted by molar-refractivity contribution is 4.53. The van der Waals surface area contributed by atoms with Crippen LogP contribution in [-0.4, -0.2) is 6.04 Å². The van der Waals surface area contributed by atoms with Gasteiger partial charge >= 0.3 is 0 Å². The fourth-order valence-corrected chi connectivity index (χ4v) is 1.42. The van der Waals surface area contributed by atoms with Gasteiger partial charge in [0.05, 0.1) is 0 Å². The molecule has 0 unspecified atom stereocenters. The third kappa shape index (κ3) is 9.96. The van der Waals surface area contributed by atoms with Crippen molar-refractivity contribution < 1.29 is 0 Å². The van der Waals surface area contributed by atoms with E-state index in [0.29, 0.717) is 6.04 Å². The van der Waals surface area contributed by atoms with Crippen LogP contribution in [0.15, 0.2) is 0 Å². The van der Waals surface area contributed by atoms with Crippen LogP contribution in [0.1, 0.15) is 65.2 Å². The molecule has 0 saturated carbocycles. The van der Waals surface area contributed by atoms with Crippen LogP contribution in [0.4, 0.5) is 0 Å². The van der Waals surface area contributed by atoms with Crippen LogP contribution in [-0.2, 0) is 0 Å². The van der Waals surface area contributed by atoms with Crippen LogP contribution >= 0.6 is 0 Å². The van der Waals surface area contributed by atoms with E-state index in [9.17, 15) is 0 Å². The fourth-order valence-electron chi connectivity index (χ4n) is 1.42. The van der Waals surface area contributed by atoms with E-state index in [1.165, 1.54) is 51.4 Å². The van der Waals surface area contributed by atoms with E-state index in [0.717, 1.165) is 0 Å². The van der Waals surface area contributed by atoms with E-state index in [4.69, 9.17) is 5.73 Å². The van der Waals surface area contributed by atoms with Gasteiger partial charge in [-0.1, -0.05) is 51.9 Å². The molecule has 0 saturated heterocycles. The maximum absolute atomic E-state index is 5.65. The second kappa shape index (κ2) is 9.05. The Hall–Kier alpha value is -0.0400. The second-order valence-electron chi connectivity index (χ2n) is 3.89. The molecule has 0 aromatic carbocycles. The lowest BCUT2D eigenvalue weighted by Gasteiger charge is -2.03. The Bertz CT molecular complexity index is 79.1. The Kier molecular flexibility index (Phi) is 9.02. The van der Waals surface area contributed by atoms with Gasteiger partial charge < -0.3 is 5.73 Å².